The van der Waals surface area contributed by atoms with Crippen LogP contribution in [0.4, 0.5) is 11.4 Å². The van der Waals surface area contributed by atoms with E-state index in [0.29, 0.717) is 50.4 Å². The molecule has 188 valence electrons. The predicted molar refractivity (Wildman–Crippen MR) is 160 cm³/mol. The number of nitrogen functional groups attached to an aromatic ring is 2. The first-order chi connectivity index (χ1) is 19.4. The number of rotatable bonds is 3. The molecular formula is C33H21N7. The SMILES string of the molecule is N#Cc1ccc(-c2nc3cc(-c4c(N)cc(C#N)cc4N)ccc3c3c2C=C(c2ccccc2)C(=N)C3=N)cc1. The molecule has 0 amide bonds. The van der Waals surface area contributed by atoms with E-state index < -0.39 is 0 Å². The second-order valence-electron chi connectivity index (χ2n) is 9.49. The van der Waals surface area contributed by atoms with Crippen LogP contribution < -0.4 is 11.5 Å². The van der Waals surface area contributed by atoms with Crippen LogP contribution in [0.5, 0.6) is 0 Å². The van der Waals surface area contributed by atoms with Gasteiger partial charge >= 0.3 is 0 Å². The van der Waals surface area contributed by atoms with Crippen molar-refractivity contribution in [2.24, 2.45) is 0 Å². The number of hydrogen-bond donors (Lipinski definition) is 4. The third-order valence-corrected chi connectivity index (χ3v) is 7.07. The molecule has 0 atom stereocenters. The molecule has 0 bridgehead atoms. The zero-order valence-electron chi connectivity index (χ0n) is 21.2. The molecule has 4 aromatic carbocycles. The van der Waals surface area contributed by atoms with Gasteiger partial charge in [-0.25, -0.2) is 4.98 Å². The highest BCUT2D eigenvalue weighted by Gasteiger charge is 2.28. The van der Waals surface area contributed by atoms with E-state index in [-0.39, 0.29) is 11.4 Å². The molecule has 6 N–H and O–H groups in total. The zero-order valence-corrected chi connectivity index (χ0v) is 21.2. The Bertz CT molecular complexity index is 1980. The van der Waals surface area contributed by atoms with Crippen LogP contribution in [-0.2, 0) is 0 Å². The molecule has 6 rings (SSSR count). The number of fused-ring (bicyclic) bond motifs is 3. The Labute approximate surface area is 230 Å². The Hall–Kier alpha value is -6.05. The molecule has 1 aromatic heterocycles. The Morgan fingerprint density at radius 3 is 1.95 bits per heavy atom. The van der Waals surface area contributed by atoms with E-state index in [1.54, 1.807) is 24.3 Å². The highest BCUT2D eigenvalue weighted by Crippen LogP contribution is 2.40. The predicted octanol–water partition coefficient (Wildman–Crippen LogP) is 6.42. The van der Waals surface area contributed by atoms with Crippen molar-refractivity contribution in [2.75, 3.05) is 11.5 Å². The summed E-state index contributed by atoms with van der Waals surface area (Å²) in [5, 5.41) is 37.3. The van der Waals surface area contributed by atoms with Crippen molar-refractivity contribution >= 4 is 45.4 Å². The van der Waals surface area contributed by atoms with Crippen molar-refractivity contribution in [3.8, 4) is 34.5 Å². The first kappa shape index (κ1) is 24.3. The molecule has 1 heterocycles. The number of nitrogens with one attached hydrogen (secondary N) is 2. The van der Waals surface area contributed by atoms with E-state index in [0.717, 1.165) is 27.6 Å². The molecule has 0 fully saturated rings. The molecule has 0 aliphatic heterocycles. The molecule has 7 heteroatoms. The average molecular weight is 516 g/mol. The van der Waals surface area contributed by atoms with Gasteiger partial charge in [-0.1, -0.05) is 54.6 Å². The number of nitrogens with two attached hydrogens (primary N) is 2. The molecular weight excluding hydrogens is 494 g/mol. The average Bonchev–Trinajstić information content (AvgIpc) is 2.98. The van der Waals surface area contributed by atoms with Gasteiger partial charge in [-0.3, -0.25) is 10.8 Å². The lowest BCUT2D eigenvalue weighted by molar-refractivity contribution is 1.36. The quantitative estimate of drug-likeness (QED) is 0.204. The van der Waals surface area contributed by atoms with Gasteiger partial charge in [0.1, 0.15) is 0 Å². The molecule has 7 nitrogen and oxygen atoms in total. The van der Waals surface area contributed by atoms with Crippen LogP contribution in [0, 0.1) is 33.5 Å². The minimum Gasteiger partial charge on any atom is -0.398 e. The summed E-state index contributed by atoms with van der Waals surface area (Å²) >= 11 is 0. The van der Waals surface area contributed by atoms with E-state index in [4.69, 9.17) is 27.3 Å². The van der Waals surface area contributed by atoms with Crippen LogP contribution in [0.1, 0.15) is 27.8 Å². The van der Waals surface area contributed by atoms with Crippen LogP contribution in [0.25, 0.3) is 44.9 Å². The minimum atomic E-state index is 0.101. The number of nitriles is 2. The van der Waals surface area contributed by atoms with Gasteiger partial charge in [0.05, 0.1) is 45.9 Å². The molecule has 40 heavy (non-hydrogen) atoms. The third kappa shape index (κ3) is 3.87. The van der Waals surface area contributed by atoms with Crippen LogP contribution in [-0.4, -0.2) is 16.4 Å². The van der Waals surface area contributed by atoms with Crippen LogP contribution in [0.15, 0.2) is 84.9 Å². The molecule has 0 radical (unpaired) electrons. The summed E-state index contributed by atoms with van der Waals surface area (Å²) < 4.78 is 0. The smallest absolute Gasteiger partial charge is 0.0993 e. The highest BCUT2D eigenvalue weighted by molar-refractivity contribution is 6.64. The van der Waals surface area contributed by atoms with Gasteiger partial charge in [0.15, 0.2) is 0 Å². The van der Waals surface area contributed by atoms with Gasteiger partial charge in [0, 0.05) is 44.6 Å². The normalized spacial score (nSPS) is 12.4. The number of pyridine rings is 1. The summed E-state index contributed by atoms with van der Waals surface area (Å²) in [7, 11) is 0. The third-order valence-electron chi connectivity index (χ3n) is 7.07. The first-order valence-corrected chi connectivity index (χ1v) is 12.4. The lowest BCUT2D eigenvalue weighted by atomic mass is 9.82. The van der Waals surface area contributed by atoms with Crippen LogP contribution in [0.3, 0.4) is 0 Å². The largest absolute Gasteiger partial charge is 0.398 e. The Morgan fingerprint density at radius 1 is 0.650 bits per heavy atom. The topological polar surface area (TPSA) is 160 Å². The van der Waals surface area contributed by atoms with E-state index >= 15 is 0 Å². The molecule has 1 aliphatic rings. The molecule has 0 saturated carbocycles. The fourth-order valence-corrected chi connectivity index (χ4v) is 5.17. The maximum Gasteiger partial charge on any atom is 0.0993 e. The number of hydrogen-bond acceptors (Lipinski definition) is 7. The minimum absolute atomic E-state index is 0.101. The van der Waals surface area contributed by atoms with Gasteiger partial charge in [0.2, 0.25) is 0 Å². The molecule has 0 unspecified atom stereocenters. The van der Waals surface area contributed by atoms with Crippen molar-refractivity contribution in [1.29, 1.82) is 21.3 Å². The molecule has 1 aliphatic carbocycles. The lowest BCUT2D eigenvalue weighted by Crippen LogP contribution is -2.21. The number of benzene rings is 4. The van der Waals surface area contributed by atoms with Crippen molar-refractivity contribution in [3.05, 3.63) is 113 Å². The summed E-state index contributed by atoms with van der Waals surface area (Å²) in [6, 6.07) is 29.7. The van der Waals surface area contributed by atoms with Crippen LogP contribution >= 0.6 is 0 Å². The summed E-state index contributed by atoms with van der Waals surface area (Å²) in [5.41, 5.74) is 20.7. The molecule has 5 aromatic rings. The molecule has 0 spiro atoms. The van der Waals surface area contributed by atoms with Crippen molar-refractivity contribution in [3.63, 3.8) is 0 Å². The number of allylic oxidation sites excluding steroid dienone is 1. The maximum atomic E-state index is 9.31. The van der Waals surface area contributed by atoms with Gasteiger partial charge in [-0.2, -0.15) is 10.5 Å². The summed E-state index contributed by atoms with van der Waals surface area (Å²) in [6.07, 6.45) is 1.93. The van der Waals surface area contributed by atoms with E-state index in [2.05, 4.69) is 12.1 Å². The van der Waals surface area contributed by atoms with Crippen molar-refractivity contribution in [1.82, 2.24) is 4.98 Å². The van der Waals surface area contributed by atoms with Crippen molar-refractivity contribution in [2.45, 2.75) is 0 Å². The number of nitrogens with zero attached hydrogens (tertiary/aromatic N) is 3. The molecule has 0 saturated heterocycles. The standard InChI is InChI=1S/C33H21N7/c34-16-18-6-8-21(9-7-18)33-25-15-24(20-4-2-1-3-5-20)31(38)32(39)30(25)23-11-10-22(14-28(23)40-33)29-26(36)12-19(17-35)13-27(29)37/h1-15,38-39H,36-37H2. The number of aromatic nitrogens is 1. The van der Waals surface area contributed by atoms with Gasteiger partial charge in [-0.15, -0.1) is 0 Å². The monoisotopic (exact) mass is 515 g/mol. The summed E-state index contributed by atoms with van der Waals surface area (Å²) in [4.78, 5) is 5.05. The van der Waals surface area contributed by atoms with E-state index in [1.807, 2.05) is 66.7 Å². The number of anilines is 2. The fraction of sp³-hybridized carbons (Fsp3) is 0. The summed E-state index contributed by atoms with van der Waals surface area (Å²) in [6.45, 7) is 0. The lowest BCUT2D eigenvalue weighted by Gasteiger charge is -2.23. The highest BCUT2D eigenvalue weighted by atomic mass is 14.7. The zero-order chi connectivity index (χ0) is 28.0. The Kier molecular flexibility index (Phi) is 5.68. The Morgan fingerprint density at radius 2 is 1.30 bits per heavy atom. The van der Waals surface area contributed by atoms with Gasteiger partial charge in [-0.05, 0) is 47.5 Å². The summed E-state index contributed by atoms with van der Waals surface area (Å²) in [5.74, 6) is 0. The van der Waals surface area contributed by atoms with Crippen molar-refractivity contribution < 1.29 is 0 Å². The van der Waals surface area contributed by atoms with Gasteiger partial charge in [0.25, 0.3) is 0 Å². The second-order valence-corrected chi connectivity index (χ2v) is 9.49. The maximum absolute atomic E-state index is 9.31. The van der Waals surface area contributed by atoms with Gasteiger partial charge < -0.3 is 11.5 Å². The second kappa shape index (κ2) is 9.36. The van der Waals surface area contributed by atoms with E-state index in [1.165, 1.54) is 0 Å². The van der Waals surface area contributed by atoms with E-state index in [9.17, 15) is 10.5 Å². The Balaban J connectivity index is 1.65. The fourth-order valence-electron chi connectivity index (χ4n) is 5.17. The first-order valence-electron chi connectivity index (χ1n) is 12.4. The van der Waals surface area contributed by atoms with Crippen LogP contribution in [0.2, 0.25) is 0 Å².